The summed E-state index contributed by atoms with van der Waals surface area (Å²) in [4.78, 5) is 2.36. The summed E-state index contributed by atoms with van der Waals surface area (Å²) in [5.74, 6) is 0. The van der Waals surface area contributed by atoms with E-state index in [0.717, 1.165) is 72.5 Å². The molecular formula is C60H40N2O. The summed E-state index contributed by atoms with van der Waals surface area (Å²) in [6.45, 7) is 0. The maximum absolute atomic E-state index is 6.62. The highest BCUT2D eigenvalue weighted by atomic mass is 16.3. The lowest BCUT2D eigenvalue weighted by molar-refractivity contribution is 0.670. The lowest BCUT2D eigenvalue weighted by Gasteiger charge is -2.26. The van der Waals surface area contributed by atoms with Gasteiger partial charge in [0.05, 0.1) is 11.0 Å². The van der Waals surface area contributed by atoms with Crippen LogP contribution < -0.4 is 4.90 Å². The number of nitrogens with zero attached hydrogens (tertiary/aromatic N) is 2. The molecule has 0 unspecified atom stereocenters. The van der Waals surface area contributed by atoms with Crippen LogP contribution in [-0.2, 0) is 0 Å². The van der Waals surface area contributed by atoms with Gasteiger partial charge in [-0.3, -0.25) is 0 Å². The molecule has 296 valence electrons. The van der Waals surface area contributed by atoms with Crippen molar-refractivity contribution in [3.63, 3.8) is 0 Å². The van der Waals surface area contributed by atoms with Crippen LogP contribution in [0.4, 0.5) is 17.1 Å². The number of fused-ring (bicyclic) bond motifs is 6. The smallest absolute Gasteiger partial charge is 0.143 e. The highest BCUT2D eigenvalue weighted by Crippen LogP contribution is 2.44. The zero-order valence-corrected chi connectivity index (χ0v) is 34.4. The number of aromatic nitrogens is 1. The predicted octanol–water partition coefficient (Wildman–Crippen LogP) is 16.8. The molecule has 0 bridgehead atoms. The molecule has 0 N–H and O–H groups in total. The standard InChI is InChI=1S/C60H40N2O/c1-3-15-41(16-4-1)45-19-13-21-49(39-45)61(47-33-29-42(30-34-47)46-20-14-22-50(40-46)62-56-26-10-7-23-53(56)54-24-8-11-27-57(54)62)48-35-31-44(32-36-48)51-37-38-52(43-17-5-2-6-18-43)60-59(51)55-25-9-12-28-58(55)63-60/h1-40H. The predicted molar refractivity (Wildman–Crippen MR) is 264 cm³/mol. The minimum Gasteiger partial charge on any atom is -0.455 e. The molecule has 0 radical (unpaired) electrons. The van der Waals surface area contributed by atoms with E-state index in [1.165, 1.54) is 38.5 Å². The molecule has 2 aromatic heterocycles. The van der Waals surface area contributed by atoms with Crippen molar-refractivity contribution in [3.05, 3.63) is 243 Å². The van der Waals surface area contributed by atoms with E-state index in [2.05, 4.69) is 246 Å². The van der Waals surface area contributed by atoms with Crippen molar-refractivity contribution in [2.24, 2.45) is 0 Å². The lowest BCUT2D eigenvalue weighted by Crippen LogP contribution is -2.10. The normalized spacial score (nSPS) is 11.5. The van der Waals surface area contributed by atoms with Gasteiger partial charge in [-0.1, -0.05) is 170 Å². The maximum Gasteiger partial charge on any atom is 0.143 e. The van der Waals surface area contributed by atoms with Crippen LogP contribution >= 0.6 is 0 Å². The van der Waals surface area contributed by atoms with Gasteiger partial charge in [-0.2, -0.15) is 0 Å². The number of furan rings is 1. The van der Waals surface area contributed by atoms with E-state index in [4.69, 9.17) is 4.42 Å². The van der Waals surface area contributed by atoms with Gasteiger partial charge in [0.2, 0.25) is 0 Å². The zero-order valence-electron chi connectivity index (χ0n) is 34.4. The zero-order chi connectivity index (χ0) is 41.7. The molecule has 0 aliphatic heterocycles. The average Bonchev–Trinajstić information content (AvgIpc) is 3.92. The minimum absolute atomic E-state index is 0.889. The van der Waals surface area contributed by atoms with Crippen LogP contribution in [0.1, 0.15) is 0 Å². The Balaban J connectivity index is 0.948. The molecule has 63 heavy (non-hydrogen) atoms. The van der Waals surface area contributed by atoms with Crippen LogP contribution in [0.2, 0.25) is 0 Å². The fraction of sp³-hybridized carbons (Fsp3) is 0. The summed E-state index contributed by atoms with van der Waals surface area (Å²) in [6, 6.07) is 87.0. The second-order valence-electron chi connectivity index (χ2n) is 16.1. The van der Waals surface area contributed by atoms with Crippen molar-refractivity contribution >= 4 is 60.8 Å². The van der Waals surface area contributed by atoms with Crippen LogP contribution in [0.15, 0.2) is 247 Å². The van der Waals surface area contributed by atoms with Gasteiger partial charge in [0.15, 0.2) is 0 Å². The number of benzene rings is 10. The van der Waals surface area contributed by atoms with Crippen molar-refractivity contribution in [3.8, 4) is 50.2 Å². The molecule has 0 saturated heterocycles. The van der Waals surface area contributed by atoms with Crippen LogP contribution in [-0.4, -0.2) is 4.57 Å². The fourth-order valence-corrected chi connectivity index (χ4v) is 9.43. The summed E-state index contributed by atoms with van der Waals surface area (Å²) in [6.07, 6.45) is 0. The Kier molecular flexibility index (Phi) is 8.83. The molecule has 2 heterocycles. The van der Waals surface area contributed by atoms with Gasteiger partial charge >= 0.3 is 0 Å². The topological polar surface area (TPSA) is 21.3 Å². The Morgan fingerprint density at radius 1 is 0.317 bits per heavy atom. The van der Waals surface area contributed by atoms with E-state index >= 15 is 0 Å². The van der Waals surface area contributed by atoms with Gasteiger partial charge in [0, 0.05) is 49.9 Å². The first-order valence-electron chi connectivity index (χ1n) is 21.5. The fourth-order valence-electron chi connectivity index (χ4n) is 9.43. The summed E-state index contributed by atoms with van der Waals surface area (Å²) < 4.78 is 9.00. The molecular weight excluding hydrogens is 765 g/mol. The number of anilines is 3. The number of hydrogen-bond acceptors (Lipinski definition) is 2. The molecule has 12 aromatic rings. The highest BCUT2D eigenvalue weighted by molar-refractivity contribution is 6.16. The van der Waals surface area contributed by atoms with E-state index in [0.29, 0.717) is 0 Å². The van der Waals surface area contributed by atoms with Gasteiger partial charge in [-0.05, 0) is 112 Å². The third-order valence-corrected chi connectivity index (χ3v) is 12.4. The van der Waals surface area contributed by atoms with Crippen LogP contribution in [0.3, 0.4) is 0 Å². The first kappa shape index (κ1) is 36.5. The Bertz CT molecular complexity index is 3550. The second kappa shape index (κ2) is 15.3. The average molecular weight is 805 g/mol. The van der Waals surface area contributed by atoms with Crippen LogP contribution in [0.5, 0.6) is 0 Å². The van der Waals surface area contributed by atoms with Crippen LogP contribution in [0, 0.1) is 0 Å². The van der Waals surface area contributed by atoms with Crippen molar-refractivity contribution < 1.29 is 4.42 Å². The molecule has 0 aliphatic carbocycles. The number of hydrogen-bond donors (Lipinski definition) is 0. The van der Waals surface area contributed by atoms with Crippen molar-refractivity contribution in [1.82, 2.24) is 4.57 Å². The van der Waals surface area contributed by atoms with Gasteiger partial charge in [0.25, 0.3) is 0 Å². The molecule has 0 saturated carbocycles. The second-order valence-corrected chi connectivity index (χ2v) is 16.1. The first-order valence-corrected chi connectivity index (χ1v) is 21.5. The Morgan fingerprint density at radius 3 is 1.49 bits per heavy atom. The molecule has 0 atom stereocenters. The van der Waals surface area contributed by atoms with Crippen LogP contribution in [0.25, 0.3) is 93.9 Å². The Hall–Kier alpha value is -8.40. The molecule has 10 aromatic carbocycles. The van der Waals surface area contributed by atoms with Crippen molar-refractivity contribution in [1.29, 1.82) is 0 Å². The highest BCUT2D eigenvalue weighted by Gasteiger charge is 2.19. The van der Waals surface area contributed by atoms with E-state index in [1.807, 2.05) is 6.07 Å². The number of rotatable bonds is 8. The Labute approximate surface area is 366 Å². The SMILES string of the molecule is c1ccc(-c2cccc(N(c3ccc(-c4cccc(-n5c6ccccc6c6ccccc65)c4)cc3)c3ccc(-c4ccc(-c5ccccc5)c5oc6ccccc6c45)cc3)c2)cc1. The number of para-hydroxylation sites is 3. The summed E-state index contributed by atoms with van der Waals surface area (Å²) in [5.41, 5.74) is 17.8. The molecule has 3 nitrogen and oxygen atoms in total. The minimum atomic E-state index is 0.889. The first-order chi connectivity index (χ1) is 31.2. The summed E-state index contributed by atoms with van der Waals surface area (Å²) >= 11 is 0. The Morgan fingerprint density at radius 2 is 0.810 bits per heavy atom. The lowest BCUT2D eigenvalue weighted by atomic mass is 9.94. The van der Waals surface area contributed by atoms with E-state index in [9.17, 15) is 0 Å². The van der Waals surface area contributed by atoms with E-state index in [1.54, 1.807) is 0 Å². The third kappa shape index (κ3) is 6.38. The van der Waals surface area contributed by atoms with E-state index in [-0.39, 0.29) is 0 Å². The van der Waals surface area contributed by atoms with Crippen molar-refractivity contribution in [2.75, 3.05) is 4.90 Å². The van der Waals surface area contributed by atoms with Gasteiger partial charge in [-0.15, -0.1) is 0 Å². The molecule has 0 spiro atoms. The molecule has 0 amide bonds. The molecule has 0 aliphatic rings. The summed E-state index contributed by atoms with van der Waals surface area (Å²) in [7, 11) is 0. The molecule has 3 heteroatoms. The van der Waals surface area contributed by atoms with Gasteiger partial charge < -0.3 is 13.9 Å². The maximum atomic E-state index is 6.62. The third-order valence-electron chi connectivity index (χ3n) is 12.4. The largest absolute Gasteiger partial charge is 0.455 e. The van der Waals surface area contributed by atoms with Gasteiger partial charge in [0.1, 0.15) is 11.2 Å². The summed E-state index contributed by atoms with van der Waals surface area (Å²) in [5, 5.41) is 4.77. The van der Waals surface area contributed by atoms with Gasteiger partial charge in [-0.25, -0.2) is 0 Å². The quantitative estimate of drug-likeness (QED) is 0.153. The monoisotopic (exact) mass is 804 g/mol. The molecule has 0 fully saturated rings. The molecule has 12 rings (SSSR count). The van der Waals surface area contributed by atoms with E-state index < -0.39 is 0 Å². The van der Waals surface area contributed by atoms with Crippen molar-refractivity contribution in [2.45, 2.75) is 0 Å².